The van der Waals surface area contributed by atoms with Crippen LogP contribution in [0.2, 0.25) is 0 Å². The molecular formula is C16H14FN3. The van der Waals surface area contributed by atoms with Crippen molar-refractivity contribution in [2.24, 2.45) is 0 Å². The average molecular weight is 267 g/mol. The number of hydrogen-bond donors (Lipinski definition) is 1. The van der Waals surface area contributed by atoms with Crippen LogP contribution in [0.15, 0.2) is 36.4 Å². The van der Waals surface area contributed by atoms with Crippen LogP contribution >= 0.6 is 0 Å². The number of nitrogens with two attached hydrogens (primary N) is 1. The summed E-state index contributed by atoms with van der Waals surface area (Å²) in [6, 6.07) is 12.5. The lowest BCUT2D eigenvalue weighted by atomic mass is 10.1. The van der Waals surface area contributed by atoms with E-state index in [0.717, 1.165) is 24.2 Å². The molecule has 3 rings (SSSR count). The summed E-state index contributed by atoms with van der Waals surface area (Å²) in [5.41, 5.74) is 10.0. The molecule has 2 aromatic carbocycles. The van der Waals surface area contributed by atoms with Gasteiger partial charge in [0.15, 0.2) is 0 Å². The maximum Gasteiger partial charge on any atom is 0.140 e. The monoisotopic (exact) mass is 267 g/mol. The Morgan fingerprint density at radius 1 is 1.25 bits per heavy atom. The first kappa shape index (κ1) is 12.5. The second kappa shape index (κ2) is 4.86. The Bertz CT molecular complexity index is 703. The standard InChI is InChI=1S/C16H14FN3/c17-15-3-1-11(7-13(15)9-18)10-20-6-5-12-8-14(19)2-4-16(12)20/h1-4,7-8H,5-6,10,19H2. The molecule has 0 radical (unpaired) electrons. The Balaban J connectivity index is 1.86. The Morgan fingerprint density at radius 2 is 2.10 bits per heavy atom. The van der Waals surface area contributed by atoms with Crippen LogP contribution in [-0.4, -0.2) is 6.54 Å². The summed E-state index contributed by atoms with van der Waals surface area (Å²) in [6.07, 6.45) is 0.965. The van der Waals surface area contributed by atoms with Gasteiger partial charge < -0.3 is 10.6 Å². The summed E-state index contributed by atoms with van der Waals surface area (Å²) in [5.74, 6) is -0.467. The van der Waals surface area contributed by atoms with E-state index in [2.05, 4.69) is 4.90 Å². The molecule has 0 unspecified atom stereocenters. The van der Waals surface area contributed by atoms with E-state index in [0.29, 0.717) is 6.54 Å². The molecule has 1 aliphatic rings. The Kier molecular flexibility index (Phi) is 3.03. The van der Waals surface area contributed by atoms with Crippen LogP contribution in [0.3, 0.4) is 0 Å². The summed E-state index contributed by atoms with van der Waals surface area (Å²) in [5, 5.41) is 8.87. The summed E-state index contributed by atoms with van der Waals surface area (Å²) in [4.78, 5) is 2.23. The number of fused-ring (bicyclic) bond motifs is 1. The molecule has 0 spiro atoms. The van der Waals surface area contributed by atoms with Crippen LogP contribution in [0.25, 0.3) is 0 Å². The largest absolute Gasteiger partial charge is 0.399 e. The van der Waals surface area contributed by atoms with Gasteiger partial charge in [-0.1, -0.05) is 6.07 Å². The number of rotatable bonds is 2. The molecular weight excluding hydrogens is 253 g/mol. The topological polar surface area (TPSA) is 53.0 Å². The molecule has 0 aliphatic carbocycles. The van der Waals surface area contributed by atoms with E-state index in [-0.39, 0.29) is 5.56 Å². The minimum atomic E-state index is -0.467. The van der Waals surface area contributed by atoms with Crippen molar-refractivity contribution in [1.29, 1.82) is 5.26 Å². The van der Waals surface area contributed by atoms with Gasteiger partial charge in [-0.05, 0) is 47.9 Å². The van der Waals surface area contributed by atoms with Crippen molar-refractivity contribution in [3.05, 3.63) is 58.9 Å². The third kappa shape index (κ3) is 2.19. The highest BCUT2D eigenvalue weighted by Gasteiger charge is 2.19. The molecule has 1 aliphatic heterocycles. The van der Waals surface area contributed by atoms with Crippen molar-refractivity contribution < 1.29 is 4.39 Å². The quantitative estimate of drug-likeness (QED) is 0.851. The van der Waals surface area contributed by atoms with Crippen LogP contribution in [0, 0.1) is 17.1 Å². The maximum atomic E-state index is 13.3. The lowest BCUT2D eigenvalue weighted by molar-refractivity contribution is 0.622. The highest BCUT2D eigenvalue weighted by Crippen LogP contribution is 2.30. The van der Waals surface area contributed by atoms with Crippen LogP contribution in [-0.2, 0) is 13.0 Å². The zero-order chi connectivity index (χ0) is 14.1. The van der Waals surface area contributed by atoms with Crippen molar-refractivity contribution in [2.75, 3.05) is 17.2 Å². The first-order valence-corrected chi connectivity index (χ1v) is 6.49. The van der Waals surface area contributed by atoms with Crippen molar-refractivity contribution >= 4 is 11.4 Å². The first-order valence-electron chi connectivity index (χ1n) is 6.49. The third-order valence-electron chi connectivity index (χ3n) is 3.62. The molecule has 0 aromatic heterocycles. The fraction of sp³-hybridized carbons (Fsp3) is 0.188. The maximum absolute atomic E-state index is 13.3. The van der Waals surface area contributed by atoms with Gasteiger partial charge in [0, 0.05) is 24.5 Å². The van der Waals surface area contributed by atoms with Crippen LogP contribution in [0.4, 0.5) is 15.8 Å². The minimum absolute atomic E-state index is 0.0965. The highest BCUT2D eigenvalue weighted by molar-refractivity contribution is 5.63. The first-order chi connectivity index (χ1) is 9.67. The van der Waals surface area contributed by atoms with Crippen molar-refractivity contribution in [1.82, 2.24) is 0 Å². The van der Waals surface area contributed by atoms with Gasteiger partial charge in [0.05, 0.1) is 5.56 Å². The van der Waals surface area contributed by atoms with Crippen molar-refractivity contribution in [3.63, 3.8) is 0 Å². The second-order valence-electron chi connectivity index (χ2n) is 4.99. The van der Waals surface area contributed by atoms with E-state index in [1.807, 2.05) is 24.3 Å². The Morgan fingerprint density at radius 3 is 2.90 bits per heavy atom. The van der Waals surface area contributed by atoms with Crippen molar-refractivity contribution in [3.8, 4) is 6.07 Å². The molecule has 3 nitrogen and oxygen atoms in total. The molecule has 2 N–H and O–H groups in total. The molecule has 1 heterocycles. The Labute approximate surface area is 117 Å². The zero-order valence-corrected chi connectivity index (χ0v) is 10.9. The number of nitriles is 1. The van der Waals surface area contributed by atoms with Crippen LogP contribution in [0.1, 0.15) is 16.7 Å². The molecule has 0 amide bonds. The molecule has 0 saturated heterocycles. The van der Waals surface area contributed by atoms with E-state index in [1.165, 1.54) is 17.3 Å². The minimum Gasteiger partial charge on any atom is -0.399 e. The van der Waals surface area contributed by atoms with Gasteiger partial charge in [-0.15, -0.1) is 0 Å². The Hall–Kier alpha value is -2.54. The summed E-state index contributed by atoms with van der Waals surface area (Å²) in [6.45, 7) is 1.59. The molecule has 0 atom stereocenters. The molecule has 0 bridgehead atoms. The lowest BCUT2D eigenvalue weighted by Crippen LogP contribution is -2.19. The molecule has 4 heteroatoms. The van der Waals surface area contributed by atoms with Crippen LogP contribution < -0.4 is 10.6 Å². The predicted octanol–water partition coefficient (Wildman–Crippen LogP) is 2.84. The van der Waals surface area contributed by atoms with E-state index in [4.69, 9.17) is 11.0 Å². The van der Waals surface area contributed by atoms with Gasteiger partial charge in [-0.25, -0.2) is 4.39 Å². The summed E-state index contributed by atoms with van der Waals surface area (Å²) < 4.78 is 13.3. The van der Waals surface area contributed by atoms with Gasteiger partial charge in [0.1, 0.15) is 11.9 Å². The van der Waals surface area contributed by atoms with Gasteiger partial charge >= 0.3 is 0 Å². The number of nitrogens with zero attached hydrogens (tertiary/aromatic N) is 2. The summed E-state index contributed by atoms with van der Waals surface area (Å²) in [7, 11) is 0. The molecule has 0 fully saturated rings. The SMILES string of the molecule is N#Cc1cc(CN2CCc3cc(N)ccc32)ccc1F. The molecule has 0 saturated carbocycles. The van der Waals surface area contributed by atoms with Gasteiger partial charge in [0.2, 0.25) is 0 Å². The second-order valence-corrected chi connectivity index (χ2v) is 4.99. The lowest BCUT2D eigenvalue weighted by Gasteiger charge is -2.19. The van der Waals surface area contributed by atoms with E-state index in [1.54, 1.807) is 12.1 Å². The van der Waals surface area contributed by atoms with Gasteiger partial charge in [0.25, 0.3) is 0 Å². The number of hydrogen-bond acceptors (Lipinski definition) is 3. The number of anilines is 2. The highest BCUT2D eigenvalue weighted by atomic mass is 19.1. The van der Waals surface area contributed by atoms with E-state index >= 15 is 0 Å². The zero-order valence-electron chi connectivity index (χ0n) is 10.9. The third-order valence-corrected chi connectivity index (χ3v) is 3.62. The average Bonchev–Trinajstić information content (AvgIpc) is 2.83. The van der Waals surface area contributed by atoms with E-state index < -0.39 is 5.82 Å². The fourth-order valence-electron chi connectivity index (χ4n) is 2.63. The van der Waals surface area contributed by atoms with Gasteiger partial charge in [-0.2, -0.15) is 5.26 Å². The number of nitrogen functional groups attached to an aromatic ring is 1. The number of halogens is 1. The van der Waals surface area contributed by atoms with Crippen molar-refractivity contribution in [2.45, 2.75) is 13.0 Å². The van der Waals surface area contributed by atoms with E-state index in [9.17, 15) is 4.39 Å². The molecule has 2 aromatic rings. The van der Waals surface area contributed by atoms with Crippen LogP contribution in [0.5, 0.6) is 0 Å². The smallest absolute Gasteiger partial charge is 0.140 e. The molecule has 100 valence electrons. The fourth-order valence-corrected chi connectivity index (χ4v) is 2.63. The molecule has 20 heavy (non-hydrogen) atoms. The predicted molar refractivity (Wildman–Crippen MR) is 76.7 cm³/mol. The normalized spacial score (nSPS) is 13.1. The summed E-state index contributed by atoms with van der Waals surface area (Å²) >= 11 is 0. The van der Waals surface area contributed by atoms with Gasteiger partial charge in [-0.3, -0.25) is 0 Å². The number of benzene rings is 2.